The van der Waals surface area contributed by atoms with Gasteiger partial charge in [-0.15, -0.1) is 0 Å². The molecule has 1 aliphatic rings. The molecule has 0 spiro atoms. The molecule has 0 aromatic heterocycles. The number of benzene rings is 1. The molecular weight excluding hydrogens is 400 g/mol. The van der Waals surface area contributed by atoms with E-state index in [1.165, 1.54) is 11.0 Å². The zero-order chi connectivity index (χ0) is 20.2. The summed E-state index contributed by atoms with van der Waals surface area (Å²) in [7, 11) is -3.17. The van der Waals surface area contributed by atoms with Crippen molar-refractivity contribution < 1.29 is 27.7 Å². The van der Waals surface area contributed by atoms with Crippen LogP contribution in [0.1, 0.15) is 30.1 Å². The summed E-state index contributed by atoms with van der Waals surface area (Å²) in [6, 6.07) is 3.03. The van der Waals surface area contributed by atoms with E-state index in [-0.39, 0.29) is 22.1 Å². The number of nitro groups is 1. The van der Waals surface area contributed by atoms with E-state index in [0.717, 1.165) is 12.1 Å². The van der Waals surface area contributed by atoms with Crippen LogP contribution in [-0.4, -0.2) is 60.8 Å². The molecule has 1 heterocycles. The highest BCUT2D eigenvalue weighted by Crippen LogP contribution is 2.24. The molecule has 0 unspecified atom stereocenters. The first-order valence-electron chi connectivity index (χ1n) is 8.25. The largest absolute Gasteiger partial charge is 0.452 e. The van der Waals surface area contributed by atoms with Crippen molar-refractivity contribution in [2.24, 2.45) is 0 Å². The van der Waals surface area contributed by atoms with Crippen molar-refractivity contribution in [3.8, 4) is 0 Å². The number of nitro benzene ring substituents is 1. The second-order valence-corrected chi connectivity index (χ2v) is 8.80. The standard InChI is InChI=1S/C16H19ClN2O7S/c1-2-6-18(12-5-7-27(24,25)10-12)15(20)9-26-16(21)13-4-3-11(17)8-14(13)19(22)23/h3-4,8,12H,2,5-7,9-10H2,1H3/t12-/m1/s1. The van der Waals surface area contributed by atoms with E-state index in [2.05, 4.69) is 0 Å². The van der Waals surface area contributed by atoms with Gasteiger partial charge in [0, 0.05) is 23.7 Å². The van der Waals surface area contributed by atoms with Crippen LogP contribution in [0.2, 0.25) is 5.02 Å². The summed E-state index contributed by atoms with van der Waals surface area (Å²) in [6.45, 7) is 1.54. The van der Waals surface area contributed by atoms with Crippen LogP contribution in [0.5, 0.6) is 0 Å². The lowest BCUT2D eigenvalue weighted by Gasteiger charge is -2.27. The van der Waals surface area contributed by atoms with Crippen LogP contribution in [0.15, 0.2) is 18.2 Å². The average Bonchev–Trinajstić information content (AvgIpc) is 2.96. The fraction of sp³-hybridized carbons (Fsp3) is 0.500. The third-order valence-electron chi connectivity index (χ3n) is 4.14. The summed E-state index contributed by atoms with van der Waals surface area (Å²) in [6.07, 6.45) is 0.948. The van der Waals surface area contributed by atoms with Gasteiger partial charge >= 0.3 is 5.97 Å². The molecule has 1 aliphatic heterocycles. The number of esters is 1. The van der Waals surface area contributed by atoms with Gasteiger partial charge < -0.3 is 9.64 Å². The molecule has 1 saturated heterocycles. The number of nitrogens with zero attached hydrogens (tertiary/aromatic N) is 2. The number of sulfone groups is 1. The van der Waals surface area contributed by atoms with Crippen molar-refractivity contribution in [2.75, 3.05) is 24.7 Å². The van der Waals surface area contributed by atoms with Crippen LogP contribution in [0.4, 0.5) is 5.69 Å². The second kappa shape index (κ2) is 8.66. The summed E-state index contributed by atoms with van der Waals surface area (Å²) in [5.41, 5.74) is -0.838. The number of amides is 1. The average molecular weight is 419 g/mol. The summed E-state index contributed by atoms with van der Waals surface area (Å²) in [4.78, 5) is 36.3. The van der Waals surface area contributed by atoms with E-state index in [1.54, 1.807) is 0 Å². The molecule has 0 radical (unpaired) electrons. The van der Waals surface area contributed by atoms with Crippen molar-refractivity contribution in [1.82, 2.24) is 4.90 Å². The smallest absolute Gasteiger partial charge is 0.345 e. The van der Waals surface area contributed by atoms with Crippen LogP contribution < -0.4 is 0 Å². The van der Waals surface area contributed by atoms with Gasteiger partial charge in [0.25, 0.3) is 11.6 Å². The Morgan fingerprint density at radius 3 is 2.67 bits per heavy atom. The van der Waals surface area contributed by atoms with Gasteiger partial charge in [-0.1, -0.05) is 18.5 Å². The summed E-state index contributed by atoms with van der Waals surface area (Å²) in [5, 5.41) is 11.1. The first-order valence-corrected chi connectivity index (χ1v) is 10.5. The Bertz CT molecular complexity index is 856. The summed E-state index contributed by atoms with van der Waals surface area (Å²) in [5.74, 6) is -1.66. The first-order chi connectivity index (χ1) is 12.6. The van der Waals surface area contributed by atoms with E-state index >= 15 is 0 Å². The number of carbonyl (C=O) groups excluding carboxylic acids is 2. The molecule has 0 N–H and O–H groups in total. The Balaban J connectivity index is 2.07. The molecule has 1 aromatic carbocycles. The van der Waals surface area contributed by atoms with Crippen molar-refractivity contribution in [3.05, 3.63) is 38.9 Å². The molecular formula is C16H19ClN2O7S. The molecule has 2 rings (SSSR count). The molecule has 9 nitrogen and oxygen atoms in total. The molecule has 1 aromatic rings. The molecule has 0 aliphatic carbocycles. The van der Waals surface area contributed by atoms with Crippen LogP contribution in [0.3, 0.4) is 0 Å². The molecule has 148 valence electrons. The van der Waals surface area contributed by atoms with Gasteiger partial charge in [-0.25, -0.2) is 13.2 Å². The zero-order valence-corrected chi connectivity index (χ0v) is 16.2. The van der Waals surface area contributed by atoms with Gasteiger partial charge in [0.15, 0.2) is 16.4 Å². The predicted octanol–water partition coefficient (Wildman–Crippen LogP) is 1.83. The molecule has 1 amide bonds. The highest BCUT2D eigenvalue weighted by atomic mass is 35.5. The number of carbonyl (C=O) groups is 2. The van der Waals surface area contributed by atoms with Crippen LogP contribution >= 0.6 is 11.6 Å². The van der Waals surface area contributed by atoms with Gasteiger partial charge in [-0.2, -0.15) is 0 Å². The second-order valence-electron chi connectivity index (χ2n) is 6.14. The molecule has 0 saturated carbocycles. The number of hydrogen-bond acceptors (Lipinski definition) is 7. The normalized spacial score (nSPS) is 18.1. The lowest BCUT2D eigenvalue weighted by Crippen LogP contribution is -2.43. The summed E-state index contributed by atoms with van der Waals surface area (Å²) < 4.78 is 28.2. The monoisotopic (exact) mass is 418 g/mol. The van der Waals surface area contributed by atoms with Crippen molar-refractivity contribution >= 4 is 39.0 Å². The summed E-state index contributed by atoms with van der Waals surface area (Å²) >= 11 is 5.70. The number of rotatable bonds is 7. The Kier molecular flexibility index (Phi) is 6.77. The van der Waals surface area contributed by atoms with Gasteiger partial charge in [0.1, 0.15) is 5.56 Å². The highest BCUT2D eigenvalue weighted by molar-refractivity contribution is 7.91. The van der Waals surface area contributed by atoms with Crippen LogP contribution in [0.25, 0.3) is 0 Å². The number of hydrogen-bond donors (Lipinski definition) is 0. The molecule has 27 heavy (non-hydrogen) atoms. The zero-order valence-electron chi connectivity index (χ0n) is 14.6. The van der Waals surface area contributed by atoms with E-state index < -0.39 is 45.0 Å². The Hall–Kier alpha value is -2.20. The van der Waals surface area contributed by atoms with Gasteiger partial charge in [-0.05, 0) is 25.0 Å². The van der Waals surface area contributed by atoms with E-state index in [1.807, 2.05) is 6.92 Å². The third kappa shape index (κ3) is 5.39. The quantitative estimate of drug-likeness (QED) is 0.375. The van der Waals surface area contributed by atoms with E-state index in [9.17, 15) is 28.1 Å². The fourth-order valence-electron chi connectivity index (χ4n) is 2.89. The van der Waals surface area contributed by atoms with Gasteiger partial charge in [0.05, 0.1) is 16.4 Å². The minimum atomic E-state index is -3.17. The van der Waals surface area contributed by atoms with E-state index in [0.29, 0.717) is 19.4 Å². The molecule has 1 fully saturated rings. The van der Waals surface area contributed by atoms with Crippen LogP contribution in [-0.2, 0) is 19.4 Å². The Labute approximate surface area is 161 Å². The maximum atomic E-state index is 12.4. The van der Waals surface area contributed by atoms with Crippen molar-refractivity contribution in [3.63, 3.8) is 0 Å². The van der Waals surface area contributed by atoms with Gasteiger partial charge in [0.2, 0.25) is 0 Å². The lowest BCUT2D eigenvalue weighted by atomic mass is 10.2. The Morgan fingerprint density at radius 2 is 2.11 bits per heavy atom. The predicted molar refractivity (Wildman–Crippen MR) is 97.5 cm³/mol. The first kappa shape index (κ1) is 21.1. The van der Waals surface area contributed by atoms with Crippen molar-refractivity contribution in [2.45, 2.75) is 25.8 Å². The highest BCUT2D eigenvalue weighted by Gasteiger charge is 2.34. The van der Waals surface area contributed by atoms with Crippen molar-refractivity contribution in [1.29, 1.82) is 0 Å². The van der Waals surface area contributed by atoms with Crippen LogP contribution in [0, 0.1) is 10.1 Å². The molecule has 11 heteroatoms. The maximum absolute atomic E-state index is 12.4. The molecule has 0 bridgehead atoms. The SMILES string of the molecule is CCCN(C(=O)COC(=O)c1ccc(Cl)cc1[N+](=O)[O-])[C@@H]1CCS(=O)(=O)C1. The van der Waals surface area contributed by atoms with Gasteiger partial charge in [-0.3, -0.25) is 14.9 Å². The lowest BCUT2D eigenvalue weighted by molar-refractivity contribution is -0.385. The topological polar surface area (TPSA) is 124 Å². The fourth-order valence-corrected chi connectivity index (χ4v) is 4.79. The molecule has 1 atom stereocenters. The maximum Gasteiger partial charge on any atom is 0.345 e. The number of halogens is 1. The minimum absolute atomic E-state index is 0.0158. The third-order valence-corrected chi connectivity index (χ3v) is 6.12. The van der Waals surface area contributed by atoms with E-state index in [4.69, 9.17) is 16.3 Å². The number of ether oxygens (including phenoxy) is 1. The Morgan fingerprint density at radius 1 is 1.41 bits per heavy atom. The minimum Gasteiger partial charge on any atom is -0.452 e.